The minimum absolute atomic E-state index is 0.333. The Kier molecular flexibility index (Phi) is 4.77. The maximum absolute atomic E-state index is 12.0. The number of nitrogens with one attached hydrogen (secondary N) is 2. The normalized spacial score (nSPS) is 24.6. The number of thioether (sulfide) groups is 1. The molecule has 1 aromatic rings. The highest BCUT2D eigenvalue weighted by molar-refractivity contribution is 7.98. The van der Waals surface area contributed by atoms with Gasteiger partial charge in [0.25, 0.3) is 0 Å². The Morgan fingerprint density at radius 1 is 1.33 bits per heavy atom. The number of hydrogen-bond acceptors (Lipinski definition) is 3. The average Bonchev–Trinajstić information content (AvgIpc) is 2.82. The highest BCUT2D eigenvalue weighted by atomic mass is 32.2. The summed E-state index contributed by atoms with van der Waals surface area (Å²) in [4.78, 5) is 24.5. The number of carboxylic acids is 1. The zero-order valence-corrected chi connectivity index (χ0v) is 13.0. The number of carbonyl (C=O) groups is 2. The van der Waals surface area contributed by atoms with Gasteiger partial charge in [0.05, 0.1) is 5.41 Å². The second-order valence-corrected chi connectivity index (χ2v) is 6.37. The van der Waals surface area contributed by atoms with Crippen LogP contribution in [0.2, 0.25) is 0 Å². The molecule has 0 aromatic heterocycles. The lowest BCUT2D eigenvalue weighted by atomic mass is 9.85. The molecule has 1 saturated carbocycles. The number of aliphatic carboxylic acids is 1. The van der Waals surface area contributed by atoms with E-state index in [1.165, 1.54) is 0 Å². The van der Waals surface area contributed by atoms with Crippen LogP contribution in [0.5, 0.6) is 0 Å². The fourth-order valence-electron chi connectivity index (χ4n) is 2.65. The number of carbonyl (C=O) groups excluding carboxylic acids is 1. The van der Waals surface area contributed by atoms with Crippen LogP contribution in [0.3, 0.4) is 0 Å². The van der Waals surface area contributed by atoms with Crippen LogP contribution in [0.4, 0.5) is 10.5 Å². The van der Waals surface area contributed by atoms with Gasteiger partial charge in [0.2, 0.25) is 0 Å². The highest BCUT2D eigenvalue weighted by Crippen LogP contribution is 2.38. The summed E-state index contributed by atoms with van der Waals surface area (Å²) in [6, 6.07) is 6.83. The largest absolute Gasteiger partial charge is 0.481 e. The molecule has 1 fully saturated rings. The first-order chi connectivity index (χ1) is 9.95. The van der Waals surface area contributed by atoms with E-state index >= 15 is 0 Å². The Morgan fingerprint density at radius 3 is 2.57 bits per heavy atom. The first-order valence-electron chi connectivity index (χ1n) is 6.90. The number of carboxylic acid groups (broad SMARTS) is 1. The van der Waals surface area contributed by atoms with Crippen molar-refractivity contribution in [3.05, 3.63) is 24.3 Å². The van der Waals surface area contributed by atoms with Crippen molar-refractivity contribution in [1.29, 1.82) is 0 Å². The summed E-state index contributed by atoms with van der Waals surface area (Å²) < 4.78 is 0. The van der Waals surface area contributed by atoms with Crippen LogP contribution in [0, 0.1) is 5.41 Å². The zero-order valence-electron chi connectivity index (χ0n) is 12.2. The third-order valence-electron chi connectivity index (χ3n) is 4.10. The van der Waals surface area contributed by atoms with Crippen LogP contribution < -0.4 is 10.6 Å². The predicted octanol–water partition coefficient (Wildman–Crippen LogP) is 3.17. The Hall–Kier alpha value is -1.69. The van der Waals surface area contributed by atoms with Gasteiger partial charge in [0, 0.05) is 16.6 Å². The van der Waals surface area contributed by atoms with Crippen molar-refractivity contribution in [3.63, 3.8) is 0 Å². The maximum atomic E-state index is 12.0. The fraction of sp³-hybridized carbons (Fsp3) is 0.467. The van der Waals surface area contributed by atoms with Gasteiger partial charge < -0.3 is 15.7 Å². The Balaban J connectivity index is 1.96. The molecule has 6 heteroatoms. The van der Waals surface area contributed by atoms with E-state index < -0.39 is 11.4 Å². The summed E-state index contributed by atoms with van der Waals surface area (Å²) in [7, 11) is 0. The SMILES string of the molecule is CSc1ccc(NC(=O)NC2CCCC2(C)C(=O)O)cc1. The molecule has 5 nitrogen and oxygen atoms in total. The van der Waals surface area contributed by atoms with E-state index in [2.05, 4.69) is 10.6 Å². The molecule has 2 atom stereocenters. The van der Waals surface area contributed by atoms with Crippen molar-refractivity contribution in [2.45, 2.75) is 37.1 Å². The van der Waals surface area contributed by atoms with Crippen LogP contribution in [0.1, 0.15) is 26.2 Å². The zero-order chi connectivity index (χ0) is 15.5. The molecule has 2 unspecified atom stereocenters. The van der Waals surface area contributed by atoms with E-state index in [0.29, 0.717) is 18.5 Å². The lowest BCUT2D eigenvalue weighted by molar-refractivity contribution is -0.148. The highest BCUT2D eigenvalue weighted by Gasteiger charge is 2.45. The molecule has 1 aliphatic carbocycles. The smallest absolute Gasteiger partial charge is 0.319 e. The molecule has 0 heterocycles. The monoisotopic (exact) mass is 308 g/mol. The minimum atomic E-state index is -0.875. The van der Waals surface area contributed by atoms with Crippen LogP contribution in [-0.2, 0) is 4.79 Å². The maximum Gasteiger partial charge on any atom is 0.319 e. The molecule has 2 amide bonds. The summed E-state index contributed by atoms with van der Waals surface area (Å²) in [5, 5.41) is 14.9. The predicted molar refractivity (Wildman–Crippen MR) is 83.8 cm³/mol. The lowest BCUT2D eigenvalue weighted by Gasteiger charge is -2.27. The van der Waals surface area contributed by atoms with Crippen molar-refractivity contribution in [2.75, 3.05) is 11.6 Å². The number of anilines is 1. The molecule has 1 aromatic carbocycles. The molecule has 0 radical (unpaired) electrons. The van der Waals surface area contributed by atoms with E-state index in [4.69, 9.17) is 0 Å². The Morgan fingerprint density at radius 2 is 2.00 bits per heavy atom. The van der Waals surface area contributed by atoms with Gasteiger partial charge >= 0.3 is 12.0 Å². The number of benzene rings is 1. The summed E-state index contributed by atoms with van der Waals surface area (Å²) in [6.45, 7) is 1.69. The molecule has 0 aliphatic heterocycles. The Bertz CT molecular complexity index is 532. The summed E-state index contributed by atoms with van der Waals surface area (Å²) in [5.74, 6) is -0.852. The number of hydrogen-bond donors (Lipinski definition) is 3. The molecule has 0 bridgehead atoms. The van der Waals surface area contributed by atoms with Gasteiger partial charge in [0.15, 0.2) is 0 Å². The number of urea groups is 1. The summed E-state index contributed by atoms with van der Waals surface area (Å²) in [5.41, 5.74) is -0.180. The molecule has 3 N–H and O–H groups in total. The summed E-state index contributed by atoms with van der Waals surface area (Å²) >= 11 is 1.63. The first-order valence-corrected chi connectivity index (χ1v) is 8.13. The van der Waals surface area contributed by atoms with E-state index in [9.17, 15) is 14.7 Å². The van der Waals surface area contributed by atoms with Crippen molar-refractivity contribution in [1.82, 2.24) is 5.32 Å². The van der Waals surface area contributed by atoms with Crippen LogP contribution in [0.15, 0.2) is 29.2 Å². The third kappa shape index (κ3) is 3.50. The van der Waals surface area contributed by atoms with Gasteiger partial charge in [-0.05, 0) is 50.3 Å². The van der Waals surface area contributed by atoms with Crippen molar-refractivity contribution in [2.24, 2.45) is 5.41 Å². The van der Waals surface area contributed by atoms with Crippen LogP contribution in [0.25, 0.3) is 0 Å². The molecule has 0 saturated heterocycles. The van der Waals surface area contributed by atoms with E-state index in [1.807, 2.05) is 30.5 Å². The van der Waals surface area contributed by atoms with E-state index in [-0.39, 0.29) is 12.1 Å². The first kappa shape index (κ1) is 15.7. The van der Waals surface area contributed by atoms with Crippen molar-refractivity contribution < 1.29 is 14.7 Å². The van der Waals surface area contributed by atoms with Crippen molar-refractivity contribution in [3.8, 4) is 0 Å². The van der Waals surface area contributed by atoms with Gasteiger partial charge in [-0.2, -0.15) is 0 Å². The molecular formula is C15H20N2O3S. The summed E-state index contributed by atoms with van der Waals surface area (Å²) in [6.07, 6.45) is 4.09. The van der Waals surface area contributed by atoms with Crippen LogP contribution >= 0.6 is 11.8 Å². The van der Waals surface area contributed by atoms with Gasteiger partial charge in [-0.3, -0.25) is 4.79 Å². The fourth-order valence-corrected chi connectivity index (χ4v) is 3.06. The minimum Gasteiger partial charge on any atom is -0.481 e. The standard InChI is InChI=1S/C15H20N2O3S/c1-15(13(18)19)9-3-4-12(15)17-14(20)16-10-5-7-11(21-2)8-6-10/h5-8,12H,3-4,9H2,1-2H3,(H,18,19)(H2,16,17,20). The van der Waals surface area contributed by atoms with Crippen molar-refractivity contribution >= 4 is 29.4 Å². The average molecular weight is 308 g/mol. The van der Waals surface area contributed by atoms with Gasteiger partial charge in [-0.1, -0.05) is 6.42 Å². The van der Waals surface area contributed by atoms with E-state index in [0.717, 1.165) is 11.3 Å². The van der Waals surface area contributed by atoms with Gasteiger partial charge in [-0.15, -0.1) is 11.8 Å². The number of rotatable bonds is 4. The number of amides is 2. The molecule has 0 spiro atoms. The van der Waals surface area contributed by atoms with E-state index in [1.54, 1.807) is 18.7 Å². The van der Waals surface area contributed by atoms with Gasteiger partial charge in [0.1, 0.15) is 0 Å². The quantitative estimate of drug-likeness (QED) is 0.747. The molecular weight excluding hydrogens is 288 g/mol. The van der Waals surface area contributed by atoms with Crippen LogP contribution in [-0.4, -0.2) is 29.4 Å². The lowest BCUT2D eigenvalue weighted by Crippen LogP contribution is -2.48. The molecule has 114 valence electrons. The molecule has 21 heavy (non-hydrogen) atoms. The topological polar surface area (TPSA) is 78.4 Å². The second kappa shape index (κ2) is 6.39. The van der Waals surface area contributed by atoms with Gasteiger partial charge in [-0.25, -0.2) is 4.79 Å². The Labute approximate surface area is 128 Å². The molecule has 1 aliphatic rings. The second-order valence-electron chi connectivity index (χ2n) is 5.49. The third-order valence-corrected chi connectivity index (χ3v) is 4.84. The molecule has 2 rings (SSSR count).